The first-order valence-corrected chi connectivity index (χ1v) is 6.90. The fraction of sp³-hybridized carbons (Fsp3) is 0.294. The van der Waals surface area contributed by atoms with Crippen LogP contribution in [0, 0.1) is 6.92 Å². The molecule has 0 aliphatic heterocycles. The Labute approximate surface area is 120 Å². The maximum absolute atomic E-state index is 9.65. The van der Waals surface area contributed by atoms with E-state index in [0.29, 0.717) is 12.4 Å². The van der Waals surface area contributed by atoms with Crippen LogP contribution in [-0.4, -0.2) is 11.7 Å². The minimum absolute atomic E-state index is 0.189. The number of nitrogens with one attached hydrogen (secondary N) is 1. The molecule has 3 nitrogen and oxygen atoms in total. The summed E-state index contributed by atoms with van der Waals surface area (Å²) < 4.78 is 5.38. The summed E-state index contributed by atoms with van der Waals surface area (Å²) in [5, 5.41) is 13.1. The van der Waals surface area contributed by atoms with E-state index in [4.69, 9.17) is 4.74 Å². The van der Waals surface area contributed by atoms with Gasteiger partial charge in [0.25, 0.3) is 0 Å². The second-order valence-corrected chi connectivity index (χ2v) is 4.83. The van der Waals surface area contributed by atoms with Crippen molar-refractivity contribution < 1.29 is 9.84 Å². The molecule has 0 bridgehead atoms. The number of phenols is 1. The number of phenolic OH excluding ortho intramolecular Hbond substituents is 1. The molecule has 20 heavy (non-hydrogen) atoms. The summed E-state index contributed by atoms with van der Waals surface area (Å²) in [5.41, 5.74) is 3.64. The van der Waals surface area contributed by atoms with Crippen LogP contribution in [0.15, 0.2) is 42.5 Å². The summed E-state index contributed by atoms with van der Waals surface area (Å²) in [5.74, 6) is 0.733. The lowest BCUT2D eigenvalue weighted by atomic mass is 10.1. The number of rotatable bonds is 6. The summed E-state index contributed by atoms with van der Waals surface area (Å²) in [6.07, 6.45) is 0. The molecule has 0 fully saturated rings. The number of aryl methyl sites for hydroxylation is 1. The predicted octanol–water partition coefficient (Wildman–Crippen LogP) is 3.39. The van der Waals surface area contributed by atoms with E-state index in [0.717, 1.165) is 18.7 Å². The molecule has 2 aromatic rings. The summed E-state index contributed by atoms with van der Waals surface area (Å²) in [6.45, 7) is 6.12. The standard InChI is InChI=1S/C17H21NO2/c1-3-20-17-10-15(7-8-16(17)19)12-18-11-14-6-4-5-13(2)9-14/h4-10,18-19H,3,11-12H2,1-2H3. The molecule has 0 aromatic heterocycles. The van der Waals surface area contributed by atoms with Crippen molar-refractivity contribution in [3.05, 3.63) is 59.2 Å². The Morgan fingerprint density at radius 3 is 2.50 bits per heavy atom. The monoisotopic (exact) mass is 271 g/mol. The maximum Gasteiger partial charge on any atom is 0.161 e. The third-order valence-corrected chi connectivity index (χ3v) is 3.06. The molecule has 0 spiro atoms. The van der Waals surface area contributed by atoms with Gasteiger partial charge in [-0.05, 0) is 37.1 Å². The highest BCUT2D eigenvalue weighted by Gasteiger charge is 2.03. The molecule has 2 N–H and O–H groups in total. The topological polar surface area (TPSA) is 41.5 Å². The van der Waals surface area contributed by atoms with Gasteiger partial charge in [0.1, 0.15) is 0 Å². The molecule has 2 rings (SSSR count). The zero-order valence-corrected chi connectivity index (χ0v) is 12.0. The van der Waals surface area contributed by atoms with Crippen molar-refractivity contribution >= 4 is 0 Å². The Hall–Kier alpha value is -2.00. The van der Waals surface area contributed by atoms with Gasteiger partial charge in [0.05, 0.1) is 6.61 Å². The average molecular weight is 271 g/mol. The Morgan fingerprint density at radius 2 is 1.80 bits per heavy atom. The van der Waals surface area contributed by atoms with E-state index in [-0.39, 0.29) is 5.75 Å². The zero-order chi connectivity index (χ0) is 14.4. The van der Waals surface area contributed by atoms with E-state index >= 15 is 0 Å². The molecule has 0 amide bonds. The van der Waals surface area contributed by atoms with Crippen molar-refractivity contribution in [1.82, 2.24) is 5.32 Å². The average Bonchev–Trinajstić information content (AvgIpc) is 2.43. The Morgan fingerprint density at radius 1 is 1.05 bits per heavy atom. The molecule has 0 aliphatic carbocycles. The van der Waals surface area contributed by atoms with Gasteiger partial charge in [-0.15, -0.1) is 0 Å². The van der Waals surface area contributed by atoms with Crippen LogP contribution in [0.5, 0.6) is 11.5 Å². The van der Waals surface area contributed by atoms with Gasteiger partial charge in [0, 0.05) is 13.1 Å². The molecule has 0 unspecified atom stereocenters. The van der Waals surface area contributed by atoms with Crippen LogP contribution in [0.1, 0.15) is 23.6 Å². The summed E-state index contributed by atoms with van der Waals surface area (Å²) in [4.78, 5) is 0. The van der Waals surface area contributed by atoms with Crippen molar-refractivity contribution in [3.8, 4) is 11.5 Å². The van der Waals surface area contributed by atoms with Crippen LogP contribution in [0.2, 0.25) is 0 Å². The first-order valence-electron chi connectivity index (χ1n) is 6.90. The summed E-state index contributed by atoms with van der Waals surface area (Å²) in [6, 6.07) is 13.9. The highest BCUT2D eigenvalue weighted by Crippen LogP contribution is 2.26. The molecule has 0 saturated heterocycles. The van der Waals surface area contributed by atoms with Crippen molar-refractivity contribution in [1.29, 1.82) is 0 Å². The van der Waals surface area contributed by atoms with Gasteiger partial charge in [0.15, 0.2) is 11.5 Å². The van der Waals surface area contributed by atoms with Gasteiger partial charge in [-0.1, -0.05) is 35.9 Å². The molecule has 106 valence electrons. The Balaban J connectivity index is 1.92. The first kappa shape index (κ1) is 14.4. The molecule has 2 aromatic carbocycles. The number of ether oxygens (including phenoxy) is 1. The summed E-state index contributed by atoms with van der Waals surface area (Å²) >= 11 is 0. The van der Waals surface area contributed by atoms with Crippen molar-refractivity contribution in [3.63, 3.8) is 0 Å². The highest BCUT2D eigenvalue weighted by atomic mass is 16.5. The zero-order valence-electron chi connectivity index (χ0n) is 12.0. The van der Waals surface area contributed by atoms with Crippen molar-refractivity contribution in [2.45, 2.75) is 26.9 Å². The van der Waals surface area contributed by atoms with Gasteiger partial charge in [-0.25, -0.2) is 0 Å². The minimum Gasteiger partial charge on any atom is -0.504 e. The van der Waals surface area contributed by atoms with Crippen LogP contribution in [0.25, 0.3) is 0 Å². The van der Waals surface area contributed by atoms with Crippen molar-refractivity contribution in [2.24, 2.45) is 0 Å². The lowest BCUT2D eigenvalue weighted by Crippen LogP contribution is -2.12. The molecule has 0 heterocycles. The molecular weight excluding hydrogens is 250 g/mol. The largest absolute Gasteiger partial charge is 0.504 e. The van der Waals surface area contributed by atoms with Crippen LogP contribution >= 0.6 is 0 Å². The number of hydrogen-bond donors (Lipinski definition) is 2. The normalized spacial score (nSPS) is 10.5. The molecule has 0 atom stereocenters. The smallest absolute Gasteiger partial charge is 0.161 e. The number of hydrogen-bond acceptors (Lipinski definition) is 3. The van der Waals surface area contributed by atoms with Gasteiger partial charge in [-0.3, -0.25) is 0 Å². The third kappa shape index (κ3) is 4.00. The molecule has 0 radical (unpaired) electrons. The van der Waals surface area contributed by atoms with E-state index in [1.165, 1.54) is 11.1 Å². The van der Waals surface area contributed by atoms with Crippen LogP contribution < -0.4 is 10.1 Å². The molecule has 3 heteroatoms. The van der Waals surface area contributed by atoms with E-state index in [2.05, 4.69) is 36.5 Å². The fourth-order valence-corrected chi connectivity index (χ4v) is 2.11. The van der Waals surface area contributed by atoms with Gasteiger partial charge in [0.2, 0.25) is 0 Å². The quantitative estimate of drug-likeness (QED) is 0.846. The summed E-state index contributed by atoms with van der Waals surface area (Å²) in [7, 11) is 0. The van der Waals surface area contributed by atoms with Gasteiger partial charge >= 0.3 is 0 Å². The van der Waals surface area contributed by atoms with Crippen LogP contribution in [0.4, 0.5) is 0 Å². The minimum atomic E-state index is 0.189. The molecule has 0 saturated carbocycles. The Bertz CT molecular complexity index is 567. The second-order valence-electron chi connectivity index (χ2n) is 4.83. The third-order valence-electron chi connectivity index (χ3n) is 3.06. The SMILES string of the molecule is CCOc1cc(CNCc2cccc(C)c2)ccc1O. The molecule has 0 aliphatic rings. The lowest BCUT2D eigenvalue weighted by Gasteiger charge is -2.09. The number of benzene rings is 2. The van der Waals surface area contributed by atoms with E-state index in [9.17, 15) is 5.11 Å². The first-order chi connectivity index (χ1) is 9.69. The van der Waals surface area contributed by atoms with Gasteiger partial charge in [-0.2, -0.15) is 0 Å². The van der Waals surface area contributed by atoms with Crippen molar-refractivity contribution in [2.75, 3.05) is 6.61 Å². The van der Waals surface area contributed by atoms with E-state index < -0.39 is 0 Å². The predicted molar refractivity (Wildman–Crippen MR) is 81.0 cm³/mol. The van der Waals surface area contributed by atoms with E-state index in [1.54, 1.807) is 6.07 Å². The highest BCUT2D eigenvalue weighted by molar-refractivity contribution is 5.41. The lowest BCUT2D eigenvalue weighted by molar-refractivity contribution is 0.317. The molecular formula is C17H21NO2. The Kier molecular flexibility index (Phi) is 5.02. The van der Waals surface area contributed by atoms with Gasteiger partial charge < -0.3 is 15.2 Å². The number of aromatic hydroxyl groups is 1. The fourth-order valence-electron chi connectivity index (χ4n) is 2.11. The van der Waals surface area contributed by atoms with E-state index in [1.807, 2.05) is 19.1 Å². The van der Waals surface area contributed by atoms with Crippen LogP contribution in [-0.2, 0) is 13.1 Å². The maximum atomic E-state index is 9.65. The second kappa shape index (κ2) is 6.96. The van der Waals surface area contributed by atoms with Crippen LogP contribution in [0.3, 0.4) is 0 Å².